The minimum atomic E-state index is -0.580. The van der Waals surface area contributed by atoms with E-state index < -0.39 is 6.10 Å². The number of hydrogen-bond donors (Lipinski definition) is 1. The van der Waals surface area contributed by atoms with Gasteiger partial charge in [-0.2, -0.15) is 0 Å². The van der Waals surface area contributed by atoms with Crippen molar-refractivity contribution in [1.82, 2.24) is 5.32 Å². The van der Waals surface area contributed by atoms with Crippen LogP contribution in [0.15, 0.2) is 66.7 Å². The number of carbonyl (C=O) groups excluding carboxylic acids is 1. The van der Waals surface area contributed by atoms with Crippen molar-refractivity contribution in [2.24, 2.45) is 0 Å². The molecule has 122 valence electrons. The molecule has 3 nitrogen and oxygen atoms in total. The second-order valence-corrected chi connectivity index (χ2v) is 6.02. The molecule has 3 aromatic carbocycles. The molecule has 1 N–H and O–H groups in total. The Morgan fingerprint density at radius 1 is 1.04 bits per heavy atom. The summed E-state index contributed by atoms with van der Waals surface area (Å²) >= 11 is 5.86. The van der Waals surface area contributed by atoms with E-state index in [0.717, 1.165) is 16.3 Å². The molecule has 0 saturated carbocycles. The van der Waals surface area contributed by atoms with Crippen LogP contribution in [0.3, 0.4) is 0 Å². The summed E-state index contributed by atoms with van der Waals surface area (Å²) in [5.41, 5.74) is 0.991. The van der Waals surface area contributed by atoms with Crippen LogP contribution < -0.4 is 10.1 Å². The number of amides is 1. The third-order valence-electron chi connectivity index (χ3n) is 3.80. The molecule has 3 aromatic rings. The number of benzene rings is 3. The normalized spacial score (nSPS) is 11.9. The largest absolute Gasteiger partial charge is 0.480 e. The lowest BCUT2D eigenvalue weighted by Gasteiger charge is -2.16. The molecule has 0 aliphatic carbocycles. The van der Waals surface area contributed by atoms with Crippen molar-refractivity contribution in [2.75, 3.05) is 0 Å². The first-order valence-corrected chi connectivity index (χ1v) is 8.18. The summed E-state index contributed by atoms with van der Waals surface area (Å²) in [4.78, 5) is 12.3. The van der Waals surface area contributed by atoms with Gasteiger partial charge in [0.1, 0.15) is 5.75 Å². The number of ether oxygens (including phenoxy) is 1. The molecule has 0 saturated heterocycles. The molecule has 0 aliphatic rings. The van der Waals surface area contributed by atoms with Gasteiger partial charge in [0.15, 0.2) is 6.10 Å². The van der Waals surface area contributed by atoms with Gasteiger partial charge in [-0.15, -0.1) is 0 Å². The molecule has 0 radical (unpaired) electrons. The van der Waals surface area contributed by atoms with Gasteiger partial charge < -0.3 is 10.1 Å². The van der Waals surface area contributed by atoms with Crippen LogP contribution in [0.2, 0.25) is 5.02 Å². The first-order chi connectivity index (χ1) is 11.6. The number of fused-ring (bicyclic) bond motifs is 1. The van der Waals surface area contributed by atoms with Crippen LogP contribution in [0.25, 0.3) is 10.8 Å². The van der Waals surface area contributed by atoms with Crippen molar-refractivity contribution < 1.29 is 9.53 Å². The molecule has 0 heterocycles. The van der Waals surface area contributed by atoms with Gasteiger partial charge in [-0.3, -0.25) is 4.79 Å². The highest BCUT2D eigenvalue weighted by Gasteiger charge is 2.15. The van der Waals surface area contributed by atoms with Crippen LogP contribution in [0, 0.1) is 0 Å². The van der Waals surface area contributed by atoms with Gasteiger partial charge in [0.05, 0.1) is 0 Å². The molecule has 0 unspecified atom stereocenters. The molecule has 1 atom stereocenters. The van der Waals surface area contributed by atoms with Gasteiger partial charge in [-0.05, 0) is 36.1 Å². The third-order valence-corrected chi connectivity index (χ3v) is 4.05. The zero-order valence-corrected chi connectivity index (χ0v) is 14.1. The Labute approximate surface area is 146 Å². The fourth-order valence-corrected chi connectivity index (χ4v) is 2.60. The highest BCUT2D eigenvalue weighted by atomic mass is 35.5. The highest BCUT2D eigenvalue weighted by Crippen LogP contribution is 2.26. The van der Waals surface area contributed by atoms with E-state index in [2.05, 4.69) is 5.32 Å². The maximum absolute atomic E-state index is 12.3. The van der Waals surface area contributed by atoms with E-state index in [0.29, 0.717) is 17.3 Å². The summed E-state index contributed by atoms with van der Waals surface area (Å²) in [6, 6.07) is 21.2. The Morgan fingerprint density at radius 2 is 1.75 bits per heavy atom. The lowest BCUT2D eigenvalue weighted by molar-refractivity contribution is -0.127. The summed E-state index contributed by atoms with van der Waals surface area (Å²) in [6.45, 7) is 2.19. The predicted octanol–water partition coefficient (Wildman–Crippen LogP) is 4.58. The van der Waals surface area contributed by atoms with Gasteiger partial charge in [0.2, 0.25) is 0 Å². The van der Waals surface area contributed by atoms with E-state index in [1.54, 1.807) is 19.1 Å². The molecular formula is C20H18ClNO2. The van der Waals surface area contributed by atoms with E-state index in [1.807, 2.05) is 54.6 Å². The smallest absolute Gasteiger partial charge is 0.261 e. The van der Waals surface area contributed by atoms with E-state index in [1.165, 1.54) is 0 Å². The van der Waals surface area contributed by atoms with E-state index in [4.69, 9.17) is 16.3 Å². The summed E-state index contributed by atoms with van der Waals surface area (Å²) < 4.78 is 5.86. The van der Waals surface area contributed by atoms with Crippen molar-refractivity contribution in [3.05, 3.63) is 77.3 Å². The first kappa shape index (κ1) is 16.3. The van der Waals surface area contributed by atoms with E-state index in [9.17, 15) is 4.79 Å². The predicted molar refractivity (Wildman–Crippen MR) is 97.3 cm³/mol. The Balaban J connectivity index is 1.64. The molecule has 0 aliphatic heterocycles. The van der Waals surface area contributed by atoms with Crippen molar-refractivity contribution in [3.63, 3.8) is 0 Å². The first-order valence-electron chi connectivity index (χ1n) is 7.80. The standard InChI is InChI=1S/C20H18ClNO2/c1-14(20(23)22-13-15-9-11-17(21)12-10-15)24-19-8-4-6-16-5-2-3-7-18(16)19/h2-12,14H,13H2,1H3,(H,22,23)/t14-/m0/s1. The van der Waals surface area contributed by atoms with E-state index in [-0.39, 0.29) is 5.91 Å². The summed E-state index contributed by atoms with van der Waals surface area (Å²) in [5.74, 6) is 0.556. The van der Waals surface area contributed by atoms with Crippen LogP contribution in [-0.2, 0) is 11.3 Å². The average Bonchev–Trinajstić information content (AvgIpc) is 2.61. The van der Waals surface area contributed by atoms with Crippen molar-refractivity contribution >= 4 is 28.3 Å². The topological polar surface area (TPSA) is 38.3 Å². The highest BCUT2D eigenvalue weighted by molar-refractivity contribution is 6.30. The molecule has 24 heavy (non-hydrogen) atoms. The minimum Gasteiger partial charge on any atom is -0.480 e. The molecular weight excluding hydrogens is 322 g/mol. The fraction of sp³-hybridized carbons (Fsp3) is 0.150. The van der Waals surface area contributed by atoms with Crippen molar-refractivity contribution in [2.45, 2.75) is 19.6 Å². The SMILES string of the molecule is C[C@H](Oc1cccc2ccccc12)C(=O)NCc1ccc(Cl)cc1. The Bertz CT molecular complexity index is 840. The quantitative estimate of drug-likeness (QED) is 0.739. The van der Waals surface area contributed by atoms with Gasteiger partial charge >= 0.3 is 0 Å². The molecule has 0 fully saturated rings. The number of rotatable bonds is 5. The lowest BCUT2D eigenvalue weighted by Crippen LogP contribution is -2.35. The zero-order valence-electron chi connectivity index (χ0n) is 13.3. The molecule has 3 rings (SSSR count). The van der Waals surface area contributed by atoms with Crippen LogP contribution in [0.4, 0.5) is 0 Å². The van der Waals surface area contributed by atoms with Crippen LogP contribution in [-0.4, -0.2) is 12.0 Å². The van der Waals surface area contributed by atoms with Crippen LogP contribution >= 0.6 is 11.6 Å². The molecule has 0 spiro atoms. The molecule has 0 bridgehead atoms. The van der Waals surface area contributed by atoms with Crippen molar-refractivity contribution in [1.29, 1.82) is 0 Å². The van der Waals surface area contributed by atoms with Crippen molar-refractivity contribution in [3.8, 4) is 5.75 Å². The molecule has 0 aromatic heterocycles. The Hall–Kier alpha value is -2.52. The third kappa shape index (κ3) is 3.87. The second kappa shape index (κ2) is 7.37. The average molecular weight is 340 g/mol. The number of hydrogen-bond acceptors (Lipinski definition) is 2. The zero-order chi connectivity index (χ0) is 16.9. The summed E-state index contributed by atoms with van der Waals surface area (Å²) in [5, 5.41) is 5.64. The van der Waals surface area contributed by atoms with E-state index >= 15 is 0 Å². The second-order valence-electron chi connectivity index (χ2n) is 5.58. The van der Waals surface area contributed by atoms with Gasteiger partial charge in [-0.1, -0.05) is 60.1 Å². The Morgan fingerprint density at radius 3 is 2.54 bits per heavy atom. The maximum atomic E-state index is 12.3. The van der Waals surface area contributed by atoms with Crippen LogP contribution in [0.1, 0.15) is 12.5 Å². The lowest BCUT2D eigenvalue weighted by atomic mass is 10.1. The fourth-order valence-electron chi connectivity index (χ4n) is 2.48. The number of nitrogens with one attached hydrogen (secondary N) is 1. The monoisotopic (exact) mass is 339 g/mol. The maximum Gasteiger partial charge on any atom is 0.261 e. The van der Waals surface area contributed by atoms with Gasteiger partial charge in [0, 0.05) is 17.0 Å². The molecule has 1 amide bonds. The van der Waals surface area contributed by atoms with Gasteiger partial charge in [0.25, 0.3) is 5.91 Å². The van der Waals surface area contributed by atoms with Crippen LogP contribution in [0.5, 0.6) is 5.75 Å². The molecule has 4 heteroatoms. The van der Waals surface area contributed by atoms with Gasteiger partial charge in [-0.25, -0.2) is 0 Å². The Kier molecular flexibility index (Phi) is 5.02. The summed E-state index contributed by atoms with van der Waals surface area (Å²) in [6.07, 6.45) is -0.580. The number of halogens is 1. The number of carbonyl (C=O) groups is 1. The minimum absolute atomic E-state index is 0.155. The summed E-state index contributed by atoms with van der Waals surface area (Å²) in [7, 11) is 0.